The normalized spacial score (nSPS) is 17.9. The highest BCUT2D eigenvalue weighted by molar-refractivity contribution is 5.80. The Morgan fingerprint density at radius 2 is 2.14 bits per heavy atom. The fraction of sp³-hybridized carbons (Fsp3) is 0.727. The average molecular weight is 197 g/mol. The molecule has 0 atom stereocenters. The summed E-state index contributed by atoms with van der Waals surface area (Å²) < 4.78 is 5.30. The van der Waals surface area contributed by atoms with Crippen molar-refractivity contribution in [1.82, 2.24) is 5.32 Å². The molecule has 80 valence electrons. The topological polar surface area (TPSA) is 38.3 Å². The van der Waals surface area contributed by atoms with Crippen molar-refractivity contribution in [2.24, 2.45) is 5.41 Å². The van der Waals surface area contributed by atoms with Gasteiger partial charge >= 0.3 is 0 Å². The summed E-state index contributed by atoms with van der Waals surface area (Å²) in [4.78, 5) is 11.2. The summed E-state index contributed by atoms with van der Waals surface area (Å²) in [6, 6.07) is 0. The first-order valence-corrected chi connectivity index (χ1v) is 5.11. The Hall–Kier alpha value is -0.990. The third-order valence-corrected chi connectivity index (χ3v) is 2.59. The third kappa shape index (κ3) is 2.28. The lowest BCUT2D eigenvalue weighted by molar-refractivity contribution is -0.125. The number of carbonyl (C=O) groups excluding carboxylic acids is 1. The monoisotopic (exact) mass is 197 g/mol. The quantitative estimate of drug-likeness (QED) is 0.753. The minimum absolute atomic E-state index is 0.00505. The van der Waals surface area contributed by atoms with Crippen LogP contribution in [-0.4, -0.2) is 12.5 Å². The van der Waals surface area contributed by atoms with Gasteiger partial charge in [-0.05, 0) is 13.3 Å². The number of carbonyl (C=O) groups is 1. The minimum atomic E-state index is -0.0465. The Labute approximate surface area is 85.5 Å². The van der Waals surface area contributed by atoms with E-state index in [9.17, 15) is 4.79 Å². The second kappa shape index (κ2) is 4.03. The number of hydrogen-bond acceptors (Lipinski definition) is 2. The van der Waals surface area contributed by atoms with Crippen LogP contribution in [0.15, 0.2) is 11.5 Å². The van der Waals surface area contributed by atoms with Gasteiger partial charge in [0.2, 0.25) is 0 Å². The molecule has 0 aromatic rings. The van der Waals surface area contributed by atoms with E-state index in [0.29, 0.717) is 0 Å². The Balaban J connectivity index is 2.88. The van der Waals surface area contributed by atoms with Gasteiger partial charge < -0.3 is 10.1 Å². The van der Waals surface area contributed by atoms with Crippen LogP contribution in [0.4, 0.5) is 0 Å². The SMILES string of the molecule is CCCC(C)(C)C1=C(C)OCC(=O)N1. The van der Waals surface area contributed by atoms with E-state index in [4.69, 9.17) is 4.74 Å². The lowest BCUT2D eigenvalue weighted by Gasteiger charge is -2.32. The zero-order valence-corrected chi connectivity index (χ0v) is 9.44. The van der Waals surface area contributed by atoms with Gasteiger partial charge in [0.05, 0.1) is 5.70 Å². The molecule has 3 heteroatoms. The Kier molecular flexibility index (Phi) is 3.19. The van der Waals surface area contributed by atoms with Gasteiger partial charge in [-0.15, -0.1) is 0 Å². The first-order chi connectivity index (χ1) is 6.47. The summed E-state index contributed by atoms with van der Waals surface area (Å²) in [7, 11) is 0. The van der Waals surface area contributed by atoms with Crippen LogP contribution >= 0.6 is 0 Å². The van der Waals surface area contributed by atoms with Gasteiger partial charge in [-0.25, -0.2) is 0 Å². The van der Waals surface area contributed by atoms with E-state index < -0.39 is 0 Å². The van der Waals surface area contributed by atoms with Crippen LogP contribution < -0.4 is 5.32 Å². The van der Waals surface area contributed by atoms with Gasteiger partial charge in [0.25, 0.3) is 5.91 Å². The fourth-order valence-corrected chi connectivity index (χ4v) is 1.91. The van der Waals surface area contributed by atoms with Crippen LogP contribution in [0.1, 0.15) is 40.5 Å². The van der Waals surface area contributed by atoms with Crippen molar-refractivity contribution in [2.45, 2.75) is 40.5 Å². The van der Waals surface area contributed by atoms with Gasteiger partial charge in [0.1, 0.15) is 5.76 Å². The molecular weight excluding hydrogens is 178 g/mol. The first-order valence-electron chi connectivity index (χ1n) is 5.11. The summed E-state index contributed by atoms with van der Waals surface area (Å²) in [5.74, 6) is 0.804. The van der Waals surface area contributed by atoms with Crippen LogP contribution in [0.5, 0.6) is 0 Å². The average Bonchev–Trinajstić information content (AvgIpc) is 2.09. The van der Waals surface area contributed by atoms with E-state index in [2.05, 4.69) is 26.1 Å². The summed E-state index contributed by atoms with van der Waals surface area (Å²) in [5, 5.41) is 2.91. The van der Waals surface area contributed by atoms with Crippen molar-refractivity contribution in [2.75, 3.05) is 6.61 Å². The molecule has 0 aliphatic carbocycles. The maximum Gasteiger partial charge on any atom is 0.262 e. The molecule has 0 saturated heterocycles. The van der Waals surface area contributed by atoms with Crippen LogP contribution in [0, 0.1) is 5.41 Å². The van der Waals surface area contributed by atoms with Crippen molar-refractivity contribution in [3.05, 3.63) is 11.5 Å². The highest BCUT2D eigenvalue weighted by Gasteiger charge is 2.29. The lowest BCUT2D eigenvalue weighted by atomic mass is 9.83. The molecule has 0 saturated carbocycles. The van der Waals surface area contributed by atoms with E-state index in [1.807, 2.05) is 6.92 Å². The molecule has 3 nitrogen and oxygen atoms in total. The molecule has 14 heavy (non-hydrogen) atoms. The van der Waals surface area contributed by atoms with E-state index in [1.54, 1.807) is 0 Å². The van der Waals surface area contributed by atoms with Crippen LogP contribution in [0.2, 0.25) is 0 Å². The van der Waals surface area contributed by atoms with Crippen LogP contribution in [0.3, 0.4) is 0 Å². The van der Waals surface area contributed by atoms with Crippen molar-refractivity contribution < 1.29 is 9.53 Å². The predicted octanol–water partition coefficient (Wildman–Crippen LogP) is 2.19. The van der Waals surface area contributed by atoms with Crippen LogP contribution in [-0.2, 0) is 9.53 Å². The first kappa shape index (κ1) is 11.1. The van der Waals surface area contributed by atoms with Crippen LogP contribution in [0.25, 0.3) is 0 Å². The number of hydrogen-bond donors (Lipinski definition) is 1. The van der Waals surface area contributed by atoms with Crippen molar-refractivity contribution in [3.8, 4) is 0 Å². The van der Waals surface area contributed by atoms with E-state index in [1.165, 1.54) is 0 Å². The number of allylic oxidation sites excluding steroid dienone is 2. The number of amides is 1. The van der Waals surface area contributed by atoms with Crippen molar-refractivity contribution >= 4 is 5.91 Å². The predicted molar refractivity (Wildman–Crippen MR) is 55.5 cm³/mol. The van der Waals surface area contributed by atoms with Gasteiger partial charge in [-0.2, -0.15) is 0 Å². The fourth-order valence-electron chi connectivity index (χ4n) is 1.91. The molecular formula is C11H19NO2. The Morgan fingerprint density at radius 1 is 1.50 bits per heavy atom. The van der Waals surface area contributed by atoms with E-state index >= 15 is 0 Å². The molecule has 1 heterocycles. The van der Waals surface area contributed by atoms with E-state index in [0.717, 1.165) is 24.3 Å². The second-order valence-corrected chi connectivity index (χ2v) is 4.40. The zero-order chi connectivity index (χ0) is 10.8. The van der Waals surface area contributed by atoms with E-state index in [-0.39, 0.29) is 17.9 Å². The lowest BCUT2D eigenvalue weighted by Crippen LogP contribution is -2.38. The molecule has 0 spiro atoms. The second-order valence-electron chi connectivity index (χ2n) is 4.40. The molecule has 0 fully saturated rings. The van der Waals surface area contributed by atoms with Gasteiger partial charge in [-0.3, -0.25) is 4.79 Å². The molecule has 1 aliphatic heterocycles. The largest absolute Gasteiger partial charge is 0.487 e. The van der Waals surface area contributed by atoms with Crippen molar-refractivity contribution in [1.29, 1.82) is 0 Å². The highest BCUT2D eigenvalue weighted by Crippen LogP contribution is 2.33. The smallest absolute Gasteiger partial charge is 0.262 e. The number of ether oxygens (including phenoxy) is 1. The molecule has 0 aromatic heterocycles. The maximum atomic E-state index is 11.2. The molecule has 0 aromatic carbocycles. The highest BCUT2D eigenvalue weighted by atomic mass is 16.5. The summed E-state index contributed by atoms with van der Waals surface area (Å²) in [5.41, 5.74) is 0.935. The molecule has 0 radical (unpaired) electrons. The maximum absolute atomic E-state index is 11.2. The van der Waals surface area contributed by atoms with Gasteiger partial charge in [0.15, 0.2) is 6.61 Å². The summed E-state index contributed by atoms with van der Waals surface area (Å²) in [6.07, 6.45) is 2.14. The number of nitrogens with one attached hydrogen (secondary N) is 1. The van der Waals surface area contributed by atoms with Gasteiger partial charge in [-0.1, -0.05) is 27.2 Å². The molecule has 0 bridgehead atoms. The Morgan fingerprint density at radius 3 is 2.71 bits per heavy atom. The molecule has 1 rings (SSSR count). The van der Waals surface area contributed by atoms with Gasteiger partial charge in [0, 0.05) is 5.41 Å². The molecule has 1 aliphatic rings. The molecule has 1 N–H and O–H groups in total. The zero-order valence-electron chi connectivity index (χ0n) is 9.44. The third-order valence-electron chi connectivity index (χ3n) is 2.59. The summed E-state index contributed by atoms with van der Waals surface area (Å²) in [6.45, 7) is 8.46. The van der Waals surface area contributed by atoms with Crippen molar-refractivity contribution in [3.63, 3.8) is 0 Å². The standard InChI is InChI=1S/C11H19NO2/c1-5-6-11(3,4)10-8(2)14-7-9(13)12-10/h5-7H2,1-4H3,(H,12,13). The molecule has 1 amide bonds. The number of rotatable bonds is 3. The minimum Gasteiger partial charge on any atom is -0.487 e. The Bertz CT molecular complexity index is 266. The molecule has 0 unspecified atom stereocenters. The summed E-state index contributed by atoms with van der Waals surface area (Å²) >= 11 is 0.